The summed E-state index contributed by atoms with van der Waals surface area (Å²) in [7, 11) is 0. The van der Waals surface area contributed by atoms with Crippen molar-refractivity contribution in [2.75, 3.05) is 30.4 Å². The Kier molecular flexibility index (Phi) is 8.35. The van der Waals surface area contributed by atoms with Crippen LogP contribution in [0.15, 0.2) is 78.9 Å². The van der Waals surface area contributed by atoms with Crippen LogP contribution in [-0.4, -0.2) is 25.7 Å². The van der Waals surface area contributed by atoms with E-state index in [4.69, 9.17) is 9.47 Å². The van der Waals surface area contributed by atoms with E-state index in [1.165, 1.54) is 5.56 Å². The predicted molar refractivity (Wildman–Crippen MR) is 126 cm³/mol. The predicted octanol–water partition coefficient (Wildman–Crippen LogP) is 5.39. The van der Waals surface area contributed by atoms with E-state index < -0.39 is 0 Å². The third kappa shape index (κ3) is 7.70. The second kappa shape index (κ2) is 11.6. The monoisotopic (exact) mass is 418 g/mol. The molecule has 0 aromatic heterocycles. The summed E-state index contributed by atoms with van der Waals surface area (Å²) in [4.78, 5) is 12.4. The molecule has 31 heavy (non-hydrogen) atoms. The average Bonchev–Trinajstić information content (AvgIpc) is 2.78. The SMILES string of the molecule is CC(C)COc1ccccc1NC(=O)CNc1ccc(OCCc2ccccc2)cc1. The second-order valence-electron chi connectivity index (χ2n) is 7.71. The van der Waals surface area contributed by atoms with E-state index in [-0.39, 0.29) is 12.5 Å². The lowest BCUT2D eigenvalue weighted by Crippen LogP contribution is -2.22. The maximum Gasteiger partial charge on any atom is 0.243 e. The second-order valence-corrected chi connectivity index (χ2v) is 7.71. The highest BCUT2D eigenvalue weighted by Crippen LogP contribution is 2.24. The van der Waals surface area contributed by atoms with Crippen molar-refractivity contribution in [3.8, 4) is 11.5 Å². The van der Waals surface area contributed by atoms with E-state index in [0.717, 1.165) is 17.9 Å². The fourth-order valence-electron chi connectivity index (χ4n) is 2.93. The first-order valence-electron chi connectivity index (χ1n) is 10.6. The molecule has 5 nitrogen and oxygen atoms in total. The summed E-state index contributed by atoms with van der Waals surface area (Å²) in [6.07, 6.45) is 0.864. The molecule has 0 saturated carbocycles. The average molecular weight is 419 g/mol. The van der Waals surface area contributed by atoms with Gasteiger partial charge < -0.3 is 20.1 Å². The van der Waals surface area contributed by atoms with Gasteiger partial charge in [-0.3, -0.25) is 4.79 Å². The maximum absolute atomic E-state index is 12.4. The molecule has 3 rings (SSSR count). The molecule has 3 aromatic rings. The van der Waals surface area contributed by atoms with Crippen LogP contribution in [0.3, 0.4) is 0 Å². The molecular formula is C26H30N2O3. The van der Waals surface area contributed by atoms with Crippen molar-refractivity contribution in [3.05, 3.63) is 84.4 Å². The van der Waals surface area contributed by atoms with Crippen molar-refractivity contribution in [1.82, 2.24) is 0 Å². The number of carbonyl (C=O) groups excluding carboxylic acids is 1. The standard InChI is InChI=1S/C26H30N2O3/c1-20(2)19-31-25-11-7-6-10-24(25)28-26(29)18-27-22-12-14-23(15-13-22)30-17-16-21-8-4-3-5-9-21/h3-15,20,27H,16-19H2,1-2H3,(H,28,29). The van der Waals surface area contributed by atoms with E-state index in [1.807, 2.05) is 66.7 Å². The van der Waals surface area contributed by atoms with Gasteiger partial charge in [0.25, 0.3) is 0 Å². The molecule has 0 aliphatic rings. The van der Waals surface area contributed by atoms with E-state index in [9.17, 15) is 4.79 Å². The number of ether oxygens (including phenoxy) is 2. The zero-order chi connectivity index (χ0) is 21.9. The largest absolute Gasteiger partial charge is 0.493 e. The highest BCUT2D eigenvalue weighted by molar-refractivity contribution is 5.95. The number of nitrogens with one attached hydrogen (secondary N) is 2. The molecule has 2 N–H and O–H groups in total. The molecule has 0 bridgehead atoms. The molecule has 3 aromatic carbocycles. The Morgan fingerprint density at radius 1 is 0.871 bits per heavy atom. The Labute approximate surface area is 184 Å². The van der Waals surface area contributed by atoms with Gasteiger partial charge in [0.1, 0.15) is 11.5 Å². The van der Waals surface area contributed by atoms with Crippen LogP contribution in [0.2, 0.25) is 0 Å². The topological polar surface area (TPSA) is 59.6 Å². The fourth-order valence-corrected chi connectivity index (χ4v) is 2.93. The van der Waals surface area contributed by atoms with Gasteiger partial charge in [0.05, 0.1) is 25.4 Å². The molecule has 0 unspecified atom stereocenters. The fraction of sp³-hybridized carbons (Fsp3) is 0.269. The lowest BCUT2D eigenvalue weighted by molar-refractivity contribution is -0.114. The highest BCUT2D eigenvalue weighted by Gasteiger charge is 2.08. The smallest absolute Gasteiger partial charge is 0.243 e. The van der Waals surface area contributed by atoms with E-state index >= 15 is 0 Å². The lowest BCUT2D eigenvalue weighted by atomic mass is 10.2. The van der Waals surface area contributed by atoms with Crippen LogP contribution in [-0.2, 0) is 11.2 Å². The third-order valence-corrected chi connectivity index (χ3v) is 4.54. The molecule has 0 heterocycles. The van der Waals surface area contributed by atoms with Crippen molar-refractivity contribution < 1.29 is 14.3 Å². The van der Waals surface area contributed by atoms with Crippen LogP contribution in [0.1, 0.15) is 19.4 Å². The van der Waals surface area contributed by atoms with Gasteiger partial charge >= 0.3 is 0 Å². The Morgan fingerprint density at radius 3 is 2.32 bits per heavy atom. The van der Waals surface area contributed by atoms with Gasteiger partial charge in [-0.1, -0.05) is 56.3 Å². The molecule has 1 amide bonds. The van der Waals surface area contributed by atoms with Crippen LogP contribution >= 0.6 is 0 Å². The van der Waals surface area contributed by atoms with Crippen LogP contribution in [0.4, 0.5) is 11.4 Å². The van der Waals surface area contributed by atoms with Crippen LogP contribution in [0.25, 0.3) is 0 Å². The summed E-state index contributed by atoms with van der Waals surface area (Å²) in [6, 6.07) is 25.4. The summed E-state index contributed by atoms with van der Waals surface area (Å²) in [5, 5.41) is 6.04. The Bertz CT molecular complexity index is 940. The molecule has 0 spiro atoms. The van der Waals surface area contributed by atoms with Gasteiger partial charge in [0.15, 0.2) is 0 Å². The third-order valence-electron chi connectivity index (χ3n) is 4.54. The number of anilines is 2. The first-order chi connectivity index (χ1) is 15.1. The molecule has 0 atom stereocenters. The molecule has 0 aliphatic carbocycles. The Morgan fingerprint density at radius 2 is 1.58 bits per heavy atom. The quantitative estimate of drug-likeness (QED) is 0.438. The zero-order valence-corrected chi connectivity index (χ0v) is 18.1. The number of hydrogen-bond acceptors (Lipinski definition) is 4. The molecule has 0 fully saturated rings. The van der Waals surface area contributed by atoms with Gasteiger partial charge in [0, 0.05) is 12.1 Å². The van der Waals surface area contributed by atoms with Crippen LogP contribution in [0, 0.1) is 5.92 Å². The highest BCUT2D eigenvalue weighted by atomic mass is 16.5. The number of amides is 1. The lowest BCUT2D eigenvalue weighted by Gasteiger charge is -2.14. The van der Waals surface area contributed by atoms with Crippen LogP contribution in [0.5, 0.6) is 11.5 Å². The van der Waals surface area contributed by atoms with Gasteiger partial charge in [-0.2, -0.15) is 0 Å². The number of para-hydroxylation sites is 2. The number of hydrogen-bond donors (Lipinski definition) is 2. The number of benzene rings is 3. The van der Waals surface area contributed by atoms with Gasteiger partial charge in [0.2, 0.25) is 5.91 Å². The minimum Gasteiger partial charge on any atom is -0.493 e. The molecule has 0 saturated heterocycles. The van der Waals surface area contributed by atoms with Crippen molar-refractivity contribution in [1.29, 1.82) is 0 Å². The summed E-state index contributed by atoms with van der Waals surface area (Å²) < 4.78 is 11.6. The van der Waals surface area contributed by atoms with E-state index in [1.54, 1.807) is 0 Å². The normalized spacial score (nSPS) is 10.5. The summed E-state index contributed by atoms with van der Waals surface area (Å²) in [5.41, 5.74) is 2.79. The van der Waals surface area contributed by atoms with Gasteiger partial charge in [-0.05, 0) is 47.9 Å². The Balaban J connectivity index is 1.43. The minimum absolute atomic E-state index is 0.135. The van der Waals surface area contributed by atoms with Crippen molar-refractivity contribution in [2.45, 2.75) is 20.3 Å². The molecule has 162 valence electrons. The number of carbonyl (C=O) groups is 1. The van der Waals surface area contributed by atoms with Crippen molar-refractivity contribution >= 4 is 17.3 Å². The summed E-state index contributed by atoms with van der Waals surface area (Å²) >= 11 is 0. The first-order valence-corrected chi connectivity index (χ1v) is 10.6. The molecule has 0 radical (unpaired) electrons. The van der Waals surface area contributed by atoms with Crippen LogP contribution < -0.4 is 20.1 Å². The summed E-state index contributed by atoms with van der Waals surface area (Å²) in [5.74, 6) is 1.77. The Hall–Kier alpha value is -3.47. The van der Waals surface area contributed by atoms with Crippen molar-refractivity contribution in [3.63, 3.8) is 0 Å². The minimum atomic E-state index is -0.135. The first kappa shape index (κ1) is 22.2. The van der Waals surface area contributed by atoms with E-state index in [2.05, 4.69) is 36.6 Å². The molecule has 5 heteroatoms. The van der Waals surface area contributed by atoms with Gasteiger partial charge in [-0.15, -0.1) is 0 Å². The van der Waals surface area contributed by atoms with Crippen molar-refractivity contribution in [2.24, 2.45) is 5.92 Å². The maximum atomic E-state index is 12.4. The summed E-state index contributed by atoms with van der Waals surface area (Å²) in [6.45, 7) is 5.56. The molecule has 0 aliphatic heterocycles. The van der Waals surface area contributed by atoms with E-state index in [0.29, 0.717) is 30.6 Å². The zero-order valence-electron chi connectivity index (χ0n) is 18.1. The number of rotatable bonds is 11. The molecular weight excluding hydrogens is 388 g/mol. The van der Waals surface area contributed by atoms with Gasteiger partial charge in [-0.25, -0.2) is 0 Å².